The number of likely N-dealkylation sites (N-methyl/N-ethyl adjacent to an activating group) is 1. The molecule has 0 aliphatic carbocycles. The lowest BCUT2D eigenvalue weighted by molar-refractivity contribution is -0.137. The number of amides is 1. The van der Waals surface area contributed by atoms with Crippen LogP contribution in [0.3, 0.4) is 0 Å². The fraction of sp³-hybridized carbons (Fsp3) is 0.455. The minimum Gasteiger partial charge on any atom is -0.480 e. The molecule has 0 radical (unpaired) electrons. The minimum atomic E-state index is -1.000. The van der Waals surface area contributed by atoms with E-state index >= 15 is 0 Å². The highest BCUT2D eigenvalue weighted by Crippen LogP contribution is 2.07. The Balaban J connectivity index is 2.87. The molecule has 6 heteroatoms. The van der Waals surface area contributed by atoms with Crippen molar-refractivity contribution in [1.82, 2.24) is 9.47 Å². The molecule has 0 aromatic carbocycles. The molecule has 94 valence electrons. The molecule has 1 heterocycles. The van der Waals surface area contributed by atoms with Crippen molar-refractivity contribution in [3.8, 4) is 0 Å². The van der Waals surface area contributed by atoms with E-state index in [0.29, 0.717) is 12.2 Å². The van der Waals surface area contributed by atoms with Crippen LogP contribution >= 0.6 is 0 Å². The molecular formula is C11H16N2O4. The molecule has 0 bridgehead atoms. The Morgan fingerprint density at radius 3 is 2.71 bits per heavy atom. The zero-order valence-electron chi connectivity index (χ0n) is 9.67. The summed E-state index contributed by atoms with van der Waals surface area (Å²) >= 11 is 0. The molecule has 0 saturated heterocycles. The van der Waals surface area contributed by atoms with Crippen molar-refractivity contribution in [3.05, 3.63) is 24.0 Å². The third kappa shape index (κ3) is 3.32. The number of aromatic nitrogens is 1. The van der Waals surface area contributed by atoms with Gasteiger partial charge in [0.25, 0.3) is 5.91 Å². The second-order valence-electron chi connectivity index (χ2n) is 3.52. The van der Waals surface area contributed by atoms with Gasteiger partial charge in [-0.1, -0.05) is 0 Å². The van der Waals surface area contributed by atoms with Crippen LogP contribution in [0.25, 0.3) is 0 Å². The highest BCUT2D eigenvalue weighted by atomic mass is 16.4. The summed E-state index contributed by atoms with van der Waals surface area (Å²) in [6.07, 6.45) is 1.55. The van der Waals surface area contributed by atoms with Crippen molar-refractivity contribution >= 4 is 11.9 Å². The molecule has 0 aliphatic rings. The Hall–Kier alpha value is -1.82. The average Bonchev–Trinajstić information content (AvgIpc) is 2.72. The van der Waals surface area contributed by atoms with Gasteiger partial charge in [0.15, 0.2) is 0 Å². The first-order valence-corrected chi connectivity index (χ1v) is 5.37. The van der Waals surface area contributed by atoms with Crippen LogP contribution in [0, 0.1) is 0 Å². The normalized spacial score (nSPS) is 10.2. The summed E-state index contributed by atoms with van der Waals surface area (Å²) in [5, 5.41) is 17.5. The lowest BCUT2D eigenvalue weighted by Gasteiger charge is -2.20. The summed E-state index contributed by atoms with van der Waals surface area (Å²) in [5.41, 5.74) is 0.322. The first kappa shape index (κ1) is 13.2. The van der Waals surface area contributed by atoms with Gasteiger partial charge in [0.05, 0.1) is 6.61 Å². The molecule has 1 amide bonds. The van der Waals surface area contributed by atoms with Crippen LogP contribution in [0.1, 0.15) is 17.4 Å². The van der Waals surface area contributed by atoms with Gasteiger partial charge in [-0.2, -0.15) is 0 Å². The SMILES string of the molecule is CCN(CCO)C(=O)c1cccn1CC(=O)O. The number of hydrogen-bond acceptors (Lipinski definition) is 3. The van der Waals surface area contributed by atoms with Crippen LogP contribution in [0.4, 0.5) is 0 Å². The zero-order chi connectivity index (χ0) is 12.8. The quantitative estimate of drug-likeness (QED) is 0.734. The topological polar surface area (TPSA) is 82.8 Å². The number of carbonyl (C=O) groups is 2. The fourth-order valence-corrected chi connectivity index (χ4v) is 1.58. The molecule has 0 fully saturated rings. The van der Waals surface area contributed by atoms with Gasteiger partial charge in [0.1, 0.15) is 12.2 Å². The molecule has 17 heavy (non-hydrogen) atoms. The van der Waals surface area contributed by atoms with E-state index in [1.807, 2.05) is 0 Å². The first-order chi connectivity index (χ1) is 8.10. The maximum absolute atomic E-state index is 12.0. The van der Waals surface area contributed by atoms with E-state index < -0.39 is 5.97 Å². The molecule has 0 unspecified atom stereocenters. The monoisotopic (exact) mass is 240 g/mol. The second-order valence-corrected chi connectivity index (χ2v) is 3.52. The van der Waals surface area contributed by atoms with Crippen molar-refractivity contribution in [2.45, 2.75) is 13.5 Å². The standard InChI is InChI=1S/C11H16N2O4/c1-2-12(6-7-14)11(17)9-4-3-5-13(9)8-10(15)16/h3-5,14H,2,6-8H2,1H3,(H,15,16). The highest BCUT2D eigenvalue weighted by molar-refractivity contribution is 5.93. The van der Waals surface area contributed by atoms with Gasteiger partial charge in [-0.05, 0) is 19.1 Å². The molecule has 1 rings (SSSR count). The number of nitrogens with zero attached hydrogens (tertiary/aromatic N) is 2. The highest BCUT2D eigenvalue weighted by Gasteiger charge is 2.17. The van der Waals surface area contributed by atoms with E-state index in [1.165, 1.54) is 9.47 Å². The maximum atomic E-state index is 12.0. The van der Waals surface area contributed by atoms with Gasteiger partial charge in [0, 0.05) is 19.3 Å². The predicted octanol–water partition coefficient (Wildman–Crippen LogP) is 0.0271. The van der Waals surface area contributed by atoms with Gasteiger partial charge >= 0.3 is 5.97 Å². The van der Waals surface area contributed by atoms with Crippen molar-refractivity contribution in [3.63, 3.8) is 0 Å². The van der Waals surface area contributed by atoms with Crippen molar-refractivity contribution in [2.75, 3.05) is 19.7 Å². The maximum Gasteiger partial charge on any atom is 0.323 e. The Bertz CT molecular complexity index is 400. The molecule has 1 aromatic rings. The van der Waals surface area contributed by atoms with Gasteiger partial charge in [-0.25, -0.2) is 0 Å². The summed E-state index contributed by atoms with van der Waals surface area (Å²) < 4.78 is 1.38. The van der Waals surface area contributed by atoms with E-state index in [-0.39, 0.29) is 25.6 Å². The zero-order valence-corrected chi connectivity index (χ0v) is 9.67. The van der Waals surface area contributed by atoms with Crippen LogP contribution in [0.5, 0.6) is 0 Å². The molecule has 0 saturated carbocycles. The van der Waals surface area contributed by atoms with E-state index in [0.717, 1.165) is 0 Å². The summed E-state index contributed by atoms with van der Waals surface area (Å²) in [5.74, 6) is -1.27. The number of hydrogen-bond donors (Lipinski definition) is 2. The van der Waals surface area contributed by atoms with E-state index in [2.05, 4.69) is 0 Å². The molecule has 0 aliphatic heterocycles. The number of carboxylic acids is 1. The Morgan fingerprint density at radius 2 is 2.18 bits per heavy atom. The third-order valence-electron chi connectivity index (χ3n) is 2.39. The van der Waals surface area contributed by atoms with Gasteiger partial charge in [-0.15, -0.1) is 0 Å². The molecular weight excluding hydrogens is 224 g/mol. The Labute approximate surface area is 99.1 Å². The van der Waals surface area contributed by atoms with E-state index in [9.17, 15) is 9.59 Å². The van der Waals surface area contributed by atoms with Crippen LogP contribution in [0.15, 0.2) is 18.3 Å². The van der Waals surface area contributed by atoms with Crippen molar-refractivity contribution in [2.24, 2.45) is 0 Å². The Kier molecular flexibility index (Phi) is 4.71. The van der Waals surface area contributed by atoms with Crippen LogP contribution in [0.2, 0.25) is 0 Å². The number of carbonyl (C=O) groups excluding carboxylic acids is 1. The van der Waals surface area contributed by atoms with Crippen molar-refractivity contribution < 1.29 is 19.8 Å². The molecule has 6 nitrogen and oxygen atoms in total. The largest absolute Gasteiger partial charge is 0.480 e. The summed E-state index contributed by atoms with van der Waals surface area (Å²) in [6.45, 7) is 2.16. The summed E-state index contributed by atoms with van der Waals surface area (Å²) in [7, 11) is 0. The summed E-state index contributed by atoms with van der Waals surface area (Å²) in [6, 6.07) is 3.20. The third-order valence-corrected chi connectivity index (χ3v) is 2.39. The number of carboxylic acid groups (broad SMARTS) is 1. The summed E-state index contributed by atoms with van der Waals surface area (Å²) in [4.78, 5) is 24.1. The number of rotatable bonds is 6. The number of aliphatic hydroxyl groups is 1. The lowest BCUT2D eigenvalue weighted by Crippen LogP contribution is -2.34. The van der Waals surface area contributed by atoms with E-state index in [1.54, 1.807) is 25.3 Å². The van der Waals surface area contributed by atoms with Crippen LogP contribution < -0.4 is 0 Å². The number of aliphatic hydroxyl groups excluding tert-OH is 1. The smallest absolute Gasteiger partial charge is 0.323 e. The average molecular weight is 240 g/mol. The first-order valence-electron chi connectivity index (χ1n) is 5.37. The number of aliphatic carboxylic acids is 1. The van der Waals surface area contributed by atoms with Crippen molar-refractivity contribution in [1.29, 1.82) is 0 Å². The van der Waals surface area contributed by atoms with Crippen LogP contribution in [-0.4, -0.2) is 51.3 Å². The molecule has 0 spiro atoms. The Morgan fingerprint density at radius 1 is 1.47 bits per heavy atom. The predicted molar refractivity (Wildman–Crippen MR) is 60.7 cm³/mol. The van der Waals surface area contributed by atoms with Crippen LogP contribution in [-0.2, 0) is 11.3 Å². The molecule has 0 atom stereocenters. The lowest BCUT2D eigenvalue weighted by atomic mass is 10.3. The molecule has 1 aromatic heterocycles. The minimum absolute atomic E-state index is 0.112. The van der Waals surface area contributed by atoms with Gasteiger partial charge in [0.2, 0.25) is 0 Å². The molecule has 2 N–H and O–H groups in total. The fourth-order valence-electron chi connectivity index (χ4n) is 1.58. The second kappa shape index (κ2) is 6.05. The van der Waals surface area contributed by atoms with E-state index in [4.69, 9.17) is 10.2 Å². The van der Waals surface area contributed by atoms with Gasteiger partial charge < -0.3 is 19.7 Å². The van der Waals surface area contributed by atoms with Gasteiger partial charge in [-0.3, -0.25) is 9.59 Å².